The van der Waals surface area contributed by atoms with E-state index in [4.69, 9.17) is 4.74 Å². The van der Waals surface area contributed by atoms with E-state index in [9.17, 15) is 0 Å². The van der Waals surface area contributed by atoms with Crippen LogP contribution >= 0.6 is 0 Å². The average Bonchev–Trinajstić information content (AvgIpc) is 2.14. The fourth-order valence-corrected chi connectivity index (χ4v) is 1.77. The van der Waals surface area contributed by atoms with Crippen molar-refractivity contribution >= 4 is 0 Å². The highest BCUT2D eigenvalue weighted by atomic mass is 16.5. The van der Waals surface area contributed by atoms with E-state index < -0.39 is 0 Å². The Balaban J connectivity index is 1.91. The van der Waals surface area contributed by atoms with Gasteiger partial charge in [-0.1, -0.05) is 12.8 Å². The zero-order chi connectivity index (χ0) is 8.65. The Morgan fingerprint density at radius 3 is 2.67 bits per heavy atom. The first kappa shape index (κ1) is 10.0. The molecule has 0 aliphatic carbocycles. The van der Waals surface area contributed by atoms with E-state index in [1.165, 1.54) is 38.6 Å². The van der Waals surface area contributed by atoms with Crippen LogP contribution in [-0.4, -0.2) is 26.8 Å². The molecule has 0 aromatic carbocycles. The highest BCUT2D eigenvalue weighted by Crippen LogP contribution is 2.20. The molecular formula is C10H21NO. The van der Waals surface area contributed by atoms with E-state index in [1.807, 2.05) is 7.05 Å². The van der Waals surface area contributed by atoms with Crippen molar-refractivity contribution in [2.75, 3.05) is 26.8 Å². The van der Waals surface area contributed by atoms with Gasteiger partial charge in [-0.3, -0.25) is 0 Å². The Morgan fingerprint density at radius 1 is 1.25 bits per heavy atom. The second-order valence-corrected chi connectivity index (χ2v) is 3.66. The topological polar surface area (TPSA) is 21.3 Å². The summed E-state index contributed by atoms with van der Waals surface area (Å²) in [4.78, 5) is 0. The lowest BCUT2D eigenvalue weighted by Crippen LogP contribution is -2.16. The Bertz CT molecular complexity index is 100. The second kappa shape index (κ2) is 6.44. The number of unbranched alkanes of at least 4 members (excludes halogenated alkanes) is 1. The largest absolute Gasteiger partial charge is 0.381 e. The lowest BCUT2D eigenvalue weighted by atomic mass is 9.94. The molecule has 0 spiro atoms. The Morgan fingerprint density at radius 2 is 2.00 bits per heavy atom. The molecule has 0 aromatic rings. The van der Waals surface area contributed by atoms with Crippen molar-refractivity contribution in [3.05, 3.63) is 0 Å². The fourth-order valence-electron chi connectivity index (χ4n) is 1.77. The lowest BCUT2D eigenvalue weighted by molar-refractivity contribution is 0.0632. The van der Waals surface area contributed by atoms with E-state index in [2.05, 4.69) is 5.32 Å². The van der Waals surface area contributed by atoms with Crippen LogP contribution in [0.5, 0.6) is 0 Å². The fraction of sp³-hybridized carbons (Fsp3) is 1.00. The summed E-state index contributed by atoms with van der Waals surface area (Å²) in [7, 11) is 2.02. The van der Waals surface area contributed by atoms with Crippen molar-refractivity contribution in [3.63, 3.8) is 0 Å². The van der Waals surface area contributed by atoms with Gasteiger partial charge < -0.3 is 10.1 Å². The third-order valence-corrected chi connectivity index (χ3v) is 2.63. The first-order valence-electron chi connectivity index (χ1n) is 5.16. The van der Waals surface area contributed by atoms with E-state index in [1.54, 1.807) is 0 Å². The summed E-state index contributed by atoms with van der Waals surface area (Å²) in [5.41, 5.74) is 0. The van der Waals surface area contributed by atoms with Crippen LogP contribution in [0, 0.1) is 5.92 Å². The molecule has 0 unspecified atom stereocenters. The monoisotopic (exact) mass is 171 g/mol. The van der Waals surface area contributed by atoms with Crippen LogP contribution in [-0.2, 0) is 4.74 Å². The molecule has 0 amide bonds. The molecule has 72 valence electrons. The third kappa shape index (κ3) is 4.07. The van der Waals surface area contributed by atoms with Crippen LogP contribution in [0.3, 0.4) is 0 Å². The molecule has 0 atom stereocenters. The molecule has 2 heteroatoms. The number of nitrogens with one attached hydrogen (secondary N) is 1. The van der Waals surface area contributed by atoms with Gasteiger partial charge in [0.1, 0.15) is 0 Å². The molecule has 1 rings (SSSR count). The van der Waals surface area contributed by atoms with Gasteiger partial charge in [0.15, 0.2) is 0 Å². The molecule has 1 N–H and O–H groups in total. The quantitative estimate of drug-likeness (QED) is 0.637. The van der Waals surface area contributed by atoms with Gasteiger partial charge in [0.2, 0.25) is 0 Å². The highest BCUT2D eigenvalue weighted by molar-refractivity contribution is 4.63. The summed E-state index contributed by atoms with van der Waals surface area (Å²) in [5, 5.41) is 3.18. The minimum Gasteiger partial charge on any atom is -0.381 e. The molecule has 1 aliphatic heterocycles. The van der Waals surface area contributed by atoms with Crippen LogP contribution < -0.4 is 5.32 Å². The van der Waals surface area contributed by atoms with Crippen LogP contribution in [0.4, 0.5) is 0 Å². The van der Waals surface area contributed by atoms with Crippen LogP contribution in [0.2, 0.25) is 0 Å². The van der Waals surface area contributed by atoms with Crippen molar-refractivity contribution in [3.8, 4) is 0 Å². The average molecular weight is 171 g/mol. The summed E-state index contributed by atoms with van der Waals surface area (Å²) >= 11 is 0. The molecule has 0 bridgehead atoms. The van der Waals surface area contributed by atoms with Gasteiger partial charge in [-0.2, -0.15) is 0 Å². The maximum Gasteiger partial charge on any atom is 0.0468 e. The Kier molecular flexibility index (Phi) is 5.37. The van der Waals surface area contributed by atoms with Gasteiger partial charge in [0.25, 0.3) is 0 Å². The molecule has 1 saturated heterocycles. The first-order valence-corrected chi connectivity index (χ1v) is 5.16. The first-order chi connectivity index (χ1) is 5.93. The van der Waals surface area contributed by atoms with Crippen molar-refractivity contribution in [2.24, 2.45) is 5.92 Å². The Hall–Kier alpha value is -0.0800. The van der Waals surface area contributed by atoms with Gasteiger partial charge in [-0.05, 0) is 38.8 Å². The zero-order valence-corrected chi connectivity index (χ0v) is 8.14. The van der Waals surface area contributed by atoms with Crippen molar-refractivity contribution < 1.29 is 4.74 Å². The van der Waals surface area contributed by atoms with E-state index >= 15 is 0 Å². The number of ether oxygens (including phenoxy) is 1. The zero-order valence-electron chi connectivity index (χ0n) is 8.14. The van der Waals surface area contributed by atoms with Gasteiger partial charge >= 0.3 is 0 Å². The molecule has 0 radical (unpaired) electrons. The maximum atomic E-state index is 5.31. The molecule has 0 aromatic heterocycles. The van der Waals surface area contributed by atoms with Gasteiger partial charge in [0, 0.05) is 13.2 Å². The van der Waals surface area contributed by atoms with E-state index in [-0.39, 0.29) is 0 Å². The maximum absolute atomic E-state index is 5.31. The third-order valence-electron chi connectivity index (χ3n) is 2.63. The summed E-state index contributed by atoms with van der Waals surface area (Å²) in [6.45, 7) is 3.16. The van der Waals surface area contributed by atoms with Crippen LogP contribution in [0.15, 0.2) is 0 Å². The molecule has 1 heterocycles. The summed E-state index contributed by atoms with van der Waals surface area (Å²) in [5.74, 6) is 0.954. The van der Waals surface area contributed by atoms with Crippen molar-refractivity contribution in [1.82, 2.24) is 5.32 Å². The molecule has 0 saturated carbocycles. The highest BCUT2D eigenvalue weighted by Gasteiger charge is 2.12. The number of hydrogen-bond donors (Lipinski definition) is 1. The minimum atomic E-state index is 0.954. The minimum absolute atomic E-state index is 0.954. The molecule has 12 heavy (non-hydrogen) atoms. The van der Waals surface area contributed by atoms with Crippen molar-refractivity contribution in [2.45, 2.75) is 32.1 Å². The summed E-state index contributed by atoms with van der Waals surface area (Å²) in [6.07, 6.45) is 6.70. The molecule has 2 nitrogen and oxygen atoms in total. The predicted molar refractivity (Wildman–Crippen MR) is 51.3 cm³/mol. The lowest BCUT2D eigenvalue weighted by Gasteiger charge is -2.21. The predicted octanol–water partition coefficient (Wildman–Crippen LogP) is 1.80. The van der Waals surface area contributed by atoms with Crippen LogP contribution in [0.25, 0.3) is 0 Å². The number of rotatable bonds is 5. The van der Waals surface area contributed by atoms with E-state index in [0.717, 1.165) is 19.1 Å². The van der Waals surface area contributed by atoms with Gasteiger partial charge in [-0.15, -0.1) is 0 Å². The second-order valence-electron chi connectivity index (χ2n) is 3.66. The van der Waals surface area contributed by atoms with Gasteiger partial charge in [0.05, 0.1) is 0 Å². The summed E-state index contributed by atoms with van der Waals surface area (Å²) in [6, 6.07) is 0. The molecular weight excluding hydrogens is 150 g/mol. The molecule has 1 aliphatic rings. The van der Waals surface area contributed by atoms with Crippen molar-refractivity contribution in [1.29, 1.82) is 0 Å². The standard InChI is InChI=1S/C10H21NO/c1-11-7-3-2-4-10-5-8-12-9-6-10/h10-11H,2-9H2,1H3. The smallest absolute Gasteiger partial charge is 0.0468 e. The normalized spacial score (nSPS) is 19.8. The molecule has 1 fully saturated rings. The SMILES string of the molecule is CNCCCCC1CCOCC1. The van der Waals surface area contributed by atoms with E-state index in [0.29, 0.717) is 0 Å². The summed E-state index contributed by atoms with van der Waals surface area (Å²) < 4.78 is 5.31. The Labute approximate surface area is 75.7 Å². The number of hydrogen-bond acceptors (Lipinski definition) is 2. The van der Waals surface area contributed by atoms with Crippen LogP contribution in [0.1, 0.15) is 32.1 Å². The van der Waals surface area contributed by atoms with Gasteiger partial charge in [-0.25, -0.2) is 0 Å².